The minimum Gasteiger partial charge on any atom is -0.493 e. The van der Waals surface area contributed by atoms with E-state index in [0.717, 1.165) is 18.0 Å². The van der Waals surface area contributed by atoms with Gasteiger partial charge in [-0.2, -0.15) is 0 Å². The lowest BCUT2D eigenvalue weighted by molar-refractivity contribution is 0.310. The van der Waals surface area contributed by atoms with Gasteiger partial charge in [0.25, 0.3) is 0 Å². The third-order valence-electron chi connectivity index (χ3n) is 2.90. The Labute approximate surface area is 110 Å². The predicted octanol–water partition coefficient (Wildman–Crippen LogP) is 3.37. The molecule has 1 aromatic carbocycles. The van der Waals surface area contributed by atoms with Crippen LogP contribution in [0, 0.1) is 0 Å². The van der Waals surface area contributed by atoms with Crippen LogP contribution in [-0.4, -0.2) is 19.8 Å². The van der Waals surface area contributed by atoms with Crippen molar-refractivity contribution < 1.29 is 9.47 Å². The van der Waals surface area contributed by atoms with Gasteiger partial charge in [0, 0.05) is 12.6 Å². The third kappa shape index (κ3) is 4.57. The van der Waals surface area contributed by atoms with Crippen LogP contribution in [0.2, 0.25) is 0 Å². The molecule has 0 fully saturated rings. The molecule has 0 aliphatic heterocycles. The molecule has 18 heavy (non-hydrogen) atoms. The van der Waals surface area contributed by atoms with Crippen LogP contribution in [0.15, 0.2) is 18.2 Å². The van der Waals surface area contributed by atoms with Crippen LogP contribution in [0.4, 0.5) is 0 Å². The van der Waals surface area contributed by atoms with Crippen molar-refractivity contribution in [1.29, 1.82) is 0 Å². The first-order chi connectivity index (χ1) is 8.71. The monoisotopic (exact) mass is 251 g/mol. The van der Waals surface area contributed by atoms with Crippen molar-refractivity contribution in [3.63, 3.8) is 0 Å². The highest BCUT2D eigenvalue weighted by molar-refractivity contribution is 5.42. The molecule has 0 aliphatic rings. The molecule has 1 unspecified atom stereocenters. The number of benzene rings is 1. The number of hydrogen-bond acceptors (Lipinski definition) is 3. The van der Waals surface area contributed by atoms with E-state index in [1.807, 2.05) is 19.1 Å². The Morgan fingerprint density at radius 2 is 2.00 bits per heavy atom. The first kappa shape index (κ1) is 14.8. The van der Waals surface area contributed by atoms with Gasteiger partial charge >= 0.3 is 0 Å². The van der Waals surface area contributed by atoms with E-state index in [9.17, 15) is 0 Å². The number of ether oxygens (including phenoxy) is 2. The molecule has 1 atom stereocenters. The first-order valence-corrected chi connectivity index (χ1v) is 6.74. The summed E-state index contributed by atoms with van der Waals surface area (Å²) in [7, 11) is 1.67. The van der Waals surface area contributed by atoms with Crippen LogP contribution < -0.4 is 14.8 Å². The van der Waals surface area contributed by atoms with E-state index in [-0.39, 0.29) is 0 Å². The van der Waals surface area contributed by atoms with Gasteiger partial charge < -0.3 is 14.8 Å². The van der Waals surface area contributed by atoms with E-state index < -0.39 is 0 Å². The molecule has 3 nitrogen and oxygen atoms in total. The molecule has 1 N–H and O–H groups in total. The molecule has 1 rings (SSSR count). The average molecular weight is 251 g/mol. The van der Waals surface area contributed by atoms with Crippen LogP contribution in [0.3, 0.4) is 0 Å². The molecule has 0 saturated carbocycles. The Morgan fingerprint density at radius 1 is 1.22 bits per heavy atom. The fourth-order valence-electron chi connectivity index (χ4n) is 1.93. The van der Waals surface area contributed by atoms with E-state index in [1.54, 1.807) is 7.11 Å². The summed E-state index contributed by atoms with van der Waals surface area (Å²) in [6.45, 7) is 7.92. The highest BCUT2D eigenvalue weighted by atomic mass is 16.5. The van der Waals surface area contributed by atoms with Crippen molar-refractivity contribution in [2.45, 2.75) is 46.2 Å². The molecule has 0 radical (unpaired) electrons. The number of hydrogen-bond donors (Lipinski definition) is 1. The Bertz CT molecular complexity index is 352. The summed E-state index contributed by atoms with van der Waals surface area (Å²) in [4.78, 5) is 0. The summed E-state index contributed by atoms with van der Waals surface area (Å²) in [5, 5.41) is 3.51. The van der Waals surface area contributed by atoms with E-state index in [4.69, 9.17) is 9.47 Å². The van der Waals surface area contributed by atoms with Crippen molar-refractivity contribution >= 4 is 0 Å². The molecular formula is C15H25NO2. The Balaban J connectivity index is 2.63. The lowest BCUT2D eigenvalue weighted by Gasteiger charge is -2.14. The highest BCUT2D eigenvalue weighted by Crippen LogP contribution is 2.28. The molecule has 0 heterocycles. The summed E-state index contributed by atoms with van der Waals surface area (Å²) >= 11 is 0. The second-order valence-corrected chi connectivity index (χ2v) is 4.49. The normalized spacial score (nSPS) is 12.2. The van der Waals surface area contributed by atoms with Crippen molar-refractivity contribution in [3.8, 4) is 11.5 Å². The van der Waals surface area contributed by atoms with E-state index in [1.165, 1.54) is 18.4 Å². The largest absolute Gasteiger partial charge is 0.493 e. The van der Waals surface area contributed by atoms with Crippen molar-refractivity contribution in [2.24, 2.45) is 0 Å². The lowest BCUT2D eigenvalue weighted by atomic mass is 10.1. The quantitative estimate of drug-likeness (QED) is 0.768. The Hall–Kier alpha value is -1.22. The average Bonchev–Trinajstić information content (AvgIpc) is 2.37. The standard InChI is InChI=1S/C15H25NO2/c1-5-7-12(3)16-11-13-8-9-14(17-4)15(10-13)18-6-2/h8-10,12,16H,5-7,11H2,1-4H3. The Kier molecular flexibility index (Phi) is 6.58. The number of methoxy groups -OCH3 is 1. The fraction of sp³-hybridized carbons (Fsp3) is 0.600. The maximum absolute atomic E-state index is 5.57. The number of nitrogens with one attached hydrogen (secondary N) is 1. The molecule has 0 bridgehead atoms. The van der Waals surface area contributed by atoms with Gasteiger partial charge in [0.2, 0.25) is 0 Å². The summed E-state index contributed by atoms with van der Waals surface area (Å²) in [5.74, 6) is 1.62. The van der Waals surface area contributed by atoms with Crippen LogP contribution >= 0.6 is 0 Å². The zero-order valence-corrected chi connectivity index (χ0v) is 12.0. The van der Waals surface area contributed by atoms with Crippen molar-refractivity contribution in [3.05, 3.63) is 23.8 Å². The van der Waals surface area contributed by atoms with Gasteiger partial charge in [0.05, 0.1) is 13.7 Å². The fourth-order valence-corrected chi connectivity index (χ4v) is 1.93. The SMILES string of the molecule is CCCC(C)NCc1ccc(OC)c(OCC)c1. The zero-order valence-electron chi connectivity index (χ0n) is 12.0. The maximum atomic E-state index is 5.57. The van der Waals surface area contributed by atoms with Crippen molar-refractivity contribution in [1.82, 2.24) is 5.32 Å². The van der Waals surface area contributed by atoms with Crippen LogP contribution in [0.1, 0.15) is 39.2 Å². The Morgan fingerprint density at radius 3 is 2.61 bits per heavy atom. The van der Waals surface area contributed by atoms with E-state index in [2.05, 4.69) is 25.2 Å². The highest BCUT2D eigenvalue weighted by Gasteiger charge is 2.06. The second-order valence-electron chi connectivity index (χ2n) is 4.49. The molecule has 3 heteroatoms. The predicted molar refractivity (Wildman–Crippen MR) is 75.4 cm³/mol. The van der Waals surface area contributed by atoms with E-state index >= 15 is 0 Å². The molecule has 0 spiro atoms. The topological polar surface area (TPSA) is 30.5 Å². The maximum Gasteiger partial charge on any atom is 0.161 e. The molecule has 102 valence electrons. The summed E-state index contributed by atoms with van der Waals surface area (Å²) < 4.78 is 10.8. The second kappa shape index (κ2) is 7.98. The molecule has 0 amide bonds. The third-order valence-corrected chi connectivity index (χ3v) is 2.90. The zero-order chi connectivity index (χ0) is 13.4. The van der Waals surface area contributed by atoms with Crippen LogP contribution in [-0.2, 0) is 6.54 Å². The molecule has 1 aromatic rings. The first-order valence-electron chi connectivity index (χ1n) is 6.74. The van der Waals surface area contributed by atoms with Crippen LogP contribution in [0.25, 0.3) is 0 Å². The van der Waals surface area contributed by atoms with Gasteiger partial charge in [-0.15, -0.1) is 0 Å². The summed E-state index contributed by atoms with van der Waals surface area (Å²) in [6, 6.07) is 6.64. The minimum atomic E-state index is 0.549. The van der Waals surface area contributed by atoms with E-state index in [0.29, 0.717) is 12.6 Å². The molecule has 0 saturated heterocycles. The molecule has 0 aromatic heterocycles. The van der Waals surface area contributed by atoms with Gasteiger partial charge in [-0.25, -0.2) is 0 Å². The van der Waals surface area contributed by atoms with Gasteiger partial charge in [0.15, 0.2) is 11.5 Å². The molecular weight excluding hydrogens is 226 g/mol. The smallest absolute Gasteiger partial charge is 0.161 e. The van der Waals surface area contributed by atoms with Gasteiger partial charge in [-0.1, -0.05) is 19.4 Å². The van der Waals surface area contributed by atoms with Gasteiger partial charge in [0.1, 0.15) is 0 Å². The van der Waals surface area contributed by atoms with Crippen molar-refractivity contribution in [2.75, 3.05) is 13.7 Å². The minimum absolute atomic E-state index is 0.549. The summed E-state index contributed by atoms with van der Waals surface area (Å²) in [5.41, 5.74) is 1.22. The molecule has 0 aliphatic carbocycles. The van der Waals surface area contributed by atoms with Crippen LogP contribution in [0.5, 0.6) is 11.5 Å². The van der Waals surface area contributed by atoms with Gasteiger partial charge in [-0.3, -0.25) is 0 Å². The summed E-state index contributed by atoms with van der Waals surface area (Å²) in [6.07, 6.45) is 2.41. The lowest BCUT2D eigenvalue weighted by Crippen LogP contribution is -2.25. The number of rotatable bonds is 8. The van der Waals surface area contributed by atoms with Gasteiger partial charge in [-0.05, 0) is 38.0 Å².